The second-order valence-corrected chi connectivity index (χ2v) is 15.0. The molecule has 8 nitrogen and oxygen atoms in total. The van der Waals surface area contributed by atoms with Gasteiger partial charge in [-0.05, 0) is 91.6 Å². The number of ether oxygens (including phenoxy) is 1. The molecule has 11 heteroatoms. The van der Waals surface area contributed by atoms with E-state index in [1.807, 2.05) is 61.5 Å². The van der Waals surface area contributed by atoms with Gasteiger partial charge in [0.1, 0.15) is 18.3 Å². The maximum Gasteiger partial charge on any atom is 0.264 e. The zero-order valence-corrected chi connectivity index (χ0v) is 29.9. The van der Waals surface area contributed by atoms with Gasteiger partial charge in [-0.1, -0.05) is 82.8 Å². The Kier molecular flexibility index (Phi) is 12.2. The first-order valence-electron chi connectivity index (χ1n) is 16.0. The zero-order valence-electron chi connectivity index (χ0n) is 26.7. The fraction of sp³-hybridized carbons (Fsp3) is 0.297. The van der Waals surface area contributed by atoms with E-state index in [4.69, 9.17) is 16.3 Å². The molecule has 1 fully saturated rings. The Balaban J connectivity index is 1.56. The Bertz CT molecular complexity index is 1770. The van der Waals surface area contributed by atoms with Gasteiger partial charge in [0.25, 0.3) is 10.0 Å². The summed E-state index contributed by atoms with van der Waals surface area (Å²) in [6, 6.07) is 28.6. The Morgan fingerprint density at radius 2 is 1.54 bits per heavy atom. The topological polar surface area (TPSA) is 96.0 Å². The second-order valence-electron chi connectivity index (χ2n) is 11.7. The highest BCUT2D eigenvalue weighted by Gasteiger charge is 2.35. The van der Waals surface area contributed by atoms with Crippen molar-refractivity contribution >= 4 is 55.1 Å². The lowest BCUT2D eigenvalue weighted by Gasteiger charge is -2.34. The van der Waals surface area contributed by atoms with Crippen molar-refractivity contribution in [2.45, 2.75) is 62.6 Å². The number of carbonyl (C=O) groups excluding carboxylic acids is 2. The molecule has 1 atom stereocenters. The van der Waals surface area contributed by atoms with Crippen molar-refractivity contribution < 1.29 is 22.7 Å². The summed E-state index contributed by atoms with van der Waals surface area (Å²) >= 11 is 9.56. The second kappa shape index (κ2) is 16.5. The van der Waals surface area contributed by atoms with Crippen LogP contribution in [0.15, 0.2) is 112 Å². The van der Waals surface area contributed by atoms with E-state index in [1.54, 1.807) is 24.3 Å². The van der Waals surface area contributed by atoms with Crippen LogP contribution < -0.4 is 14.4 Å². The van der Waals surface area contributed by atoms with Crippen LogP contribution in [0, 0.1) is 0 Å². The molecule has 5 rings (SSSR count). The Hall–Kier alpha value is -3.86. The highest BCUT2D eigenvalue weighted by molar-refractivity contribution is 9.10. The van der Waals surface area contributed by atoms with Crippen LogP contribution in [0.2, 0.25) is 5.02 Å². The number of carbonyl (C=O) groups is 2. The monoisotopic (exact) mass is 751 g/mol. The summed E-state index contributed by atoms with van der Waals surface area (Å²) in [6.45, 7) is 1.86. The third-order valence-corrected chi connectivity index (χ3v) is 10.9. The van der Waals surface area contributed by atoms with Gasteiger partial charge in [-0.3, -0.25) is 13.9 Å². The maximum absolute atomic E-state index is 14.7. The average Bonchev–Trinajstić information content (AvgIpc) is 3.60. The molecule has 1 N–H and O–H groups in total. The van der Waals surface area contributed by atoms with Crippen molar-refractivity contribution in [3.63, 3.8) is 0 Å². The molecule has 4 aromatic carbocycles. The van der Waals surface area contributed by atoms with Crippen LogP contribution in [-0.4, -0.2) is 50.4 Å². The summed E-state index contributed by atoms with van der Waals surface area (Å²) in [7, 11) is -4.25. The fourth-order valence-corrected chi connectivity index (χ4v) is 7.65. The number of amides is 2. The third kappa shape index (κ3) is 9.18. The lowest BCUT2D eigenvalue weighted by atomic mass is 10.0. The van der Waals surface area contributed by atoms with Crippen LogP contribution in [0.5, 0.6) is 5.75 Å². The highest BCUT2D eigenvalue weighted by atomic mass is 79.9. The number of sulfonamides is 1. The smallest absolute Gasteiger partial charge is 0.264 e. The van der Waals surface area contributed by atoms with Gasteiger partial charge in [0.2, 0.25) is 11.8 Å². The van der Waals surface area contributed by atoms with E-state index >= 15 is 0 Å². The first-order chi connectivity index (χ1) is 23.1. The molecular weight excluding hydrogens is 714 g/mol. The molecule has 2 amide bonds. The van der Waals surface area contributed by atoms with Crippen LogP contribution in [-0.2, 0) is 32.6 Å². The fourth-order valence-electron chi connectivity index (χ4n) is 5.85. The SMILES string of the molecule is CCOc1ccc(N(CC(=O)N(Cc2ccc(Br)cc2)[C@H](Cc2ccccc2)C(=O)NC2CCCC2)S(=O)(=O)c2ccc(Cl)cc2)cc1. The molecule has 252 valence electrons. The summed E-state index contributed by atoms with van der Waals surface area (Å²) in [6.07, 6.45) is 4.10. The normalized spacial score (nSPS) is 13.9. The maximum atomic E-state index is 14.7. The number of nitrogens with one attached hydrogen (secondary N) is 1. The van der Waals surface area contributed by atoms with Gasteiger partial charge in [-0.25, -0.2) is 8.42 Å². The third-order valence-electron chi connectivity index (χ3n) is 8.36. The van der Waals surface area contributed by atoms with Crippen LogP contribution in [0.1, 0.15) is 43.7 Å². The van der Waals surface area contributed by atoms with Crippen molar-refractivity contribution in [1.29, 1.82) is 0 Å². The van der Waals surface area contributed by atoms with Gasteiger partial charge in [-0.2, -0.15) is 0 Å². The first-order valence-corrected chi connectivity index (χ1v) is 18.6. The van der Waals surface area contributed by atoms with Gasteiger partial charge in [-0.15, -0.1) is 0 Å². The van der Waals surface area contributed by atoms with Crippen LogP contribution in [0.4, 0.5) is 5.69 Å². The van der Waals surface area contributed by atoms with Gasteiger partial charge >= 0.3 is 0 Å². The number of benzene rings is 4. The van der Waals surface area contributed by atoms with E-state index in [1.165, 1.54) is 29.2 Å². The number of halogens is 2. The number of rotatable bonds is 14. The quantitative estimate of drug-likeness (QED) is 0.145. The van der Waals surface area contributed by atoms with E-state index in [9.17, 15) is 18.0 Å². The van der Waals surface area contributed by atoms with Gasteiger partial charge < -0.3 is 15.0 Å². The highest BCUT2D eigenvalue weighted by Crippen LogP contribution is 2.28. The molecule has 48 heavy (non-hydrogen) atoms. The lowest BCUT2D eigenvalue weighted by molar-refractivity contribution is -0.140. The molecule has 1 aliphatic carbocycles. The largest absolute Gasteiger partial charge is 0.494 e. The Labute approximate surface area is 296 Å². The summed E-state index contributed by atoms with van der Waals surface area (Å²) < 4.78 is 36.0. The summed E-state index contributed by atoms with van der Waals surface area (Å²) in [4.78, 5) is 30.3. The molecule has 1 aliphatic rings. The predicted octanol–water partition coefficient (Wildman–Crippen LogP) is 7.40. The minimum Gasteiger partial charge on any atom is -0.494 e. The van der Waals surface area contributed by atoms with Crippen molar-refractivity contribution in [3.8, 4) is 5.75 Å². The van der Waals surface area contributed by atoms with E-state index < -0.39 is 28.5 Å². The molecule has 4 aromatic rings. The zero-order chi connectivity index (χ0) is 34.1. The Morgan fingerprint density at radius 3 is 2.17 bits per heavy atom. The van der Waals surface area contributed by atoms with Crippen molar-refractivity contribution in [2.24, 2.45) is 0 Å². The van der Waals surface area contributed by atoms with Crippen molar-refractivity contribution in [3.05, 3.63) is 124 Å². The number of anilines is 1. The molecule has 0 bridgehead atoms. The average molecular weight is 753 g/mol. The number of hydrogen-bond acceptors (Lipinski definition) is 5. The van der Waals surface area contributed by atoms with Crippen LogP contribution >= 0.6 is 27.5 Å². The molecule has 0 unspecified atom stereocenters. The standard InChI is InChI=1S/C37H39BrClN3O5S/c1-2-47-33-20-18-32(19-21-33)42(48(45,46)34-22-16-30(39)17-23-34)26-36(43)41(25-28-12-14-29(38)15-13-28)35(24-27-8-4-3-5-9-27)37(44)40-31-10-6-7-11-31/h3-5,8-9,12-23,31,35H,2,6-7,10-11,24-26H2,1H3,(H,40,44)/t35-/m1/s1. The molecule has 0 aliphatic heterocycles. The summed E-state index contributed by atoms with van der Waals surface area (Å²) in [5, 5.41) is 3.58. The van der Waals surface area contributed by atoms with Gasteiger partial charge in [0.05, 0.1) is 17.2 Å². The summed E-state index contributed by atoms with van der Waals surface area (Å²) in [5.41, 5.74) is 1.96. The first kappa shape index (κ1) is 35.4. The van der Waals surface area contributed by atoms with E-state index in [-0.39, 0.29) is 35.5 Å². The lowest BCUT2D eigenvalue weighted by Crippen LogP contribution is -2.54. The van der Waals surface area contributed by atoms with Crippen LogP contribution in [0.3, 0.4) is 0 Å². The molecule has 0 heterocycles. The van der Waals surface area contributed by atoms with Crippen molar-refractivity contribution in [1.82, 2.24) is 10.2 Å². The molecule has 0 aromatic heterocycles. The molecule has 1 saturated carbocycles. The summed E-state index contributed by atoms with van der Waals surface area (Å²) in [5.74, 6) is -0.212. The van der Waals surface area contributed by atoms with Crippen LogP contribution in [0.25, 0.3) is 0 Å². The van der Waals surface area contributed by atoms with E-state index in [0.717, 1.165) is 45.6 Å². The van der Waals surface area contributed by atoms with Gasteiger partial charge in [0, 0.05) is 28.5 Å². The predicted molar refractivity (Wildman–Crippen MR) is 193 cm³/mol. The van der Waals surface area contributed by atoms with Crippen molar-refractivity contribution in [2.75, 3.05) is 17.5 Å². The molecule has 0 spiro atoms. The Morgan fingerprint density at radius 1 is 0.896 bits per heavy atom. The molecule has 0 saturated heterocycles. The molecule has 0 radical (unpaired) electrons. The van der Waals surface area contributed by atoms with Gasteiger partial charge in [0.15, 0.2) is 0 Å². The number of hydrogen-bond donors (Lipinski definition) is 1. The minimum atomic E-state index is -4.25. The van der Waals surface area contributed by atoms with E-state index in [0.29, 0.717) is 17.4 Å². The molecular formula is C37H39BrClN3O5S. The number of nitrogens with zero attached hydrogens (tertiary/aromatic N) is 2. The minimum absolute atomic E-state index is 0.0205. The van der Waals surface area contributed by atoms with E-state index in [2.05, 4.69) is 21.2 Å².